The Morgan fingerprint density at radius 2 is 1.81 bits per heavy atom. The average molecular weight is 425 g/mol. The topological polar surface area (TPSA) is 95.6 Å². The Kier molecular flexibility index (Phi) is 6.31. The highest BCUT2D eigenvalue weighted by Crippen LogP contribution is 2.39. The molecule has 0 N–H and O–H groups in total. The van der Waals surface area contributed by atoms with E-state index in [0.717, 1.165) is 43.7 Å². The van der Waals surface area contributed by atoms with Crippen LogP contribution in [0, 0.1) is 6.92 Å². The highest BCUT2D eigenvalue weighted by Gasteiger charge is 2.27. The van der Waals surface area contributed by atoms with E-state index in [-0.39, 0.29) is 5.92 Å². The SMILES string of the molecule is COc1cc(CN2CCC[C@@H](c3nnc(-c4cnc(C)cn4)o3)C2)cc(OC)c1OC. The lowest BCUT2D eigenvalue weighted by atomic mass is 9.97. The van der Waals surface area contributed by atoms with Crippen molar-refractivity contribution in [3.8, 4) is 28.8 Å². The van der Waals surface area contributed by atoms with Gasteiger partial charge in [-0.15, -0.1) is 10.2 Å². The molecule has 1 fully saturated rings. The first kappa shape index (κ1) is 21.0. The fourth-order valence-corrected chi connectivity index (χ4v) is 3.89. The van der Waals surface area contributed by atoms with Gasteiger partial charge in [-0.1, -0.05) is 0 Å². The molecule has 4 rings (SSSR count). The van der Waals surface area contributed by atoms with Gasteiger partial charge in [-0.05, 0) is 44.0 Å². The van der Waals surface area contributed by atoms with E-state index in [2.05, 4.69) is 25.1 Å². The summed E-state index contributed by atoms with van der Waals surface area (Å²) in [7, 11) is 4.86. The summed E-state index contributed by atoms with van der Waals surface area (Å²) < 4.78 is 22.3. The zero-order valence-electron chi connectivity index (χ0n) is 18.3. The van der Waals surface area contributed by atoms with Crippen LogP contribution in [0.2, 0.25) is 0 Å². The lowest BCUT2D eigenvalue weighted by Gasteiger charge is -2.31. The minimum atomic E-state index is 0.176. The van der Waals surface area contributed by atoms with Crippen molar-refractivity contribution in [2.45, 2.75) is 32.2 Å². The molecule has 1 atom stereocenters. The Hall–Kier alpha value is -3.20. The van der Waals surface area contributed by atoms with E-state index in [1.54, 1.807) is 33.7 Å². The zero-order chi connectivity index (χ0) is 21.8. The van der Waals surface area contributed by atoms with Gasteiger partial charge in [0.25, 0.3) is 5.89 Å². The maximum absolute atomic E-state index is 5.94. The van der Waals surface area contributed by atoms with E-state index in [9.17, 15) is 0 Å². The number of nitrogens with zero attached hydrogens (tertiary/aromatic N) is 5. The molecule has 9 heteroatoms. The van der Waals surface area contributed by atoms with Crippen LogP contribution in [-0.4, -0.2) is 59.5 Å². The van der Waals surface area contributed by atoms with Crippen molar-refractivity contribution in [3.63, 3.8) is 0 Å². The van der Waals surface area contributed by atoms with Crippen molar-refractivity contribution in [2.24, 2.45) is 0 Å². The summed E-state index contributed by atoms with van der Waals surface area (Å²) >= 11 is 0. The van der Waals surface area contributed by atoms with Crippen molar-refractivity contribution in [2.75, 3.05) is 34.4 Å². The average Bonchev–Trinajstić information content (AvgIpc) is 3.29. The van der Waals surface area contributed by atoms with Gasteiger partial charge < -0.3 is 18.6 Å². The number of benzene rings is 1. The first-order valence-electron chi connectivity index (χ1n) is 10.2. The van der Waals surface area contributed by atoms with E-state index in [1.807, 2.05) is 19.1 Å². The first-order valence-corrected chi connectivity index (χ1v) is 10.2. The van der Waals surface area contributed by atoms with Gasteiger partial charge >= 0.3 is 0 Å². The molecule has 0 unspecified atom stereocenters. The van der Waals surface area contributed by atoms with Gasteiger partial charge in [0.15, 0.2) is 11.5 Å². The van der Waals surface area contributed by atoms with Crippen LogP contribution in [0.3, 0.4) is 0 Å². The Morgan fingerprint density at radius 3 is 2.45 bits per heavy atom. The van der Waals surface area contributed by atoms with Crippen LogP contribution in [-0.2, 0) is 6.54 Å². The minimum Gasteiger partial charge on any atom is -0.493 e. The van der Waals surface area contributed by atoms with Crippen molar-refractivity contribution in [3.05, 3.63) is 41.7 Å². The lowest BCUT2D eigenvalue weighted by Crippen LogP contribution is -2.34. The molecule has 1 aliphatic rings. The molecule has 0 spiro atoms. The Bertz CT molecular complexity index is 996. The number of hydrogen-bond donors (Lipinski definition) is 0. The molecule has 0 aliphatic carbocycles. The summed E-state index contributed by atoms with van der Waals surface area (Å²) in [6, 6.07) is 3.98. The van der Waals surface area contributed by atoms with Crippen LogP contribution in [0.4, 0.5) is 0 Å². The lowest BCUT2D eigenvalue weighted by molar-refractivity contribution is 0.186. The van der Waals surface area contributed by atoms with Crippen LogP contribution in [0.1, 0.15) is 35.9 Å². The third-order valence-electron chi connectivity index (χ3n) is 5.43. The van der Waals surface area contributed by atoms with Crippen molar-refractivity contribution < 1.29 is 18.6 Å². The molecule has 0 saturated carbocycles. The number of aromatic nitrogens is 4. The second kappa shape index (κ2) is 9.30. The summed E-state index contributed by atoms with van der Waals surface area (Å²) in [6.07, 6.45) is 5.41. The van der Waals surface area contributed by atoms with Crippen LogP contribution in [0.5, 0.6) is 17.2 Å². The maximum atomic E-state index is 5.94. The molecule has 0 bridgehead atoms. The summed E-state index contributed by atoms with van der Waals surface area (Å²) in [5, 5.41) is 8.47. The fourth-order valence-electron chi connectivity index (χ4n) is 3.89. The smallest absolute Gasteiger partial charge is 0.267 e. The molecule has 0 amide bonds. The summed E-state index contributed by atoms with van der Waals surface area (Å²) in [6.45, 7) is 4.48. The molecular formula is C22H27N5O4. The minimum absolute atomic E-state index is 0.176. The zero-order valence-corrected chi connectivity index (χ0v) is 18.3. The van der Waals surface area contributed by atoms with E-state index in [0.29, 0.717) is 34.7 Å². The van der Waals surface area contributed by atoms with Crippen LogP contribution in [0.25, 0.3) is 11.6 Å². The molecule has 164 valence electrons. The predicted octanol–water partition coefficient (Wildman–Crippen LogP) is 3.24. The number of aryl methyl sites for hydroxylation is 1. The van der Waals surface area contributed by atoms with Gasteiger partial charge in [-0.3, -0.25) is 9.88 Å². The van der Waals surface area contributed by atoms with Crippen molar-refractivity contribution in [1.29, 1.82) is 0 Å². The number of hydrogen-bond acceptors (Lipinski definition) is 9. The third-order valence-corrected chi connectivity index (χ3v) is 5.43. The molecule has 3 aromatic rings. The first-order chi connectivity index (χ1) is 15.1. The molecule has 1 aromatic carbocycles. The van der Waals surface area contributed by atoms with Gasteiger partial charge in [0.2, 0.25) is 11.6 Å². The molecule has 2 aromatic heterocycles. The fraction of sp³-hybridized carbons (Fsp3) is 0.455. The Balaban J connectivity index is 1.48. The highest BCUT2D eigenvalue weighted by molar-refractivity contribution is 5.53. The van der Waals surface area contributed by atoms with Gasteiger partial charge in [0, 0.05) is 19.3 Å². The number of piperidine rings is 1. The number of ether oxygens (including phenoxy) is 3. The van der Waals surface area contributed by atoms with Gasteiger partial charge in [-0.25, -0.2) is 4.98 Å². The van der Waals surface area contributed by atoms with Gasteiger partial charge in [0.1, 0.15) is 5.69 Å². The number of methoxy groups -OCH3 is 3. The Morgan fingerprint density at radius 1 is 1.03 bits per heavy atom. The standard InChI is InChI=1S/C22H27N5O4/c1-14-10-24-17(11-23-14)22-26-25-21(31-22)16-6-5-7-27(13-16)12-15-8-18(28-2)20(30-4)19(9-15)29-3/h8-11,16H,5-7,12-13H2,1-4H3/t16-/m1/s1. The monoisotopic (exact) mass is 425 g/mol. The second-order valence-electron chi connectivity index (χ2n) is 7.60. The Labute approximate surface area is 181 Å². The second-order valence-corrected chi connectivity index (χ2v) is 7.60. The van der Waals surface area contributed by atoms with Crippen LogP contribution < -0.4 is 14.2 Å². The van der Waals surface area contributed by atoms with E-state index in [1.165, 1.54) is 0 Å². The number of likely N-dealkylation sites (tertiary alicyclic amines) is 1. The molecule has 1 aliphatic heterocycles. The normalized spacial score (nSPS) is 16.8. The third kappa shape index (κ3) is 4.61. The van der Waals surface area contributed by atoms with E-state index < -0.39 is 0 Å². The van der Waals surface area contributed by atoms with Crippen molar-refractivity contribution in [1.82, 2.24) is 25.1 Å². The highest BCUT2D eigenvalue weighted by atomic mass is 16.5. The molecular weight excluding hydrogens is 398 g/mol. The van der Waals surface area contributed by atoms with Gasteiger partial charge in [-0.2, -0.15) is 0 Å². The molecule has 3 heterocycles. The molecule has 1 saturated heterocycles. The molecule has 0 radical (unpaired) electrons. The summed E-state index contributed by atoms with van der Waals surface area (Å²) in [4.78, 5) is 10.9. The number of rotatable bonds is 7. The molecule has 9 nitrogen and oxygen atoms in total. The van der Waals surface area contributed by atoms with Crippen molar-refractivity contribution >= 4 is 0 Å². The van der Waals surface area contributed by atoms with Crippen LogP contribution in [0.15, 0.2) is 28.9 Å². The van der Waals surface area contributed by atoms with Crippen LogP contribution >= 0.6 is 0 Å². The predicted molar refractivity (Wildman–Crippen MR) is 113 cm³/mol. The summed E-state index contributed by atoms with van der Waals surface area (Å²) in [5.74, 6) is 3.15. The van der Waals surface area contributed by atoms with E-state index >= 15 is 0 Å². The summed E-state index contributed by atoms with van der Waals surface area (Å²) in [5.41, 5.74) is 2.53. The maximum Gasteiger partial charge on any atom is 0.267 e. The van der Waals surface area contributed by atoms with Gasteiger partial charge in [0.05, 0.1) is 39.1 Å². The van der Waals surface area contributed by atoms with E-state index in [4.69, 9.17) is 18.6 Å². The quantitative estimate of drug-likeness (QED) is 0.565. The molecule has 31 heavy (non-hydrogen) atoms. The largest absolute Gasteiger partial charge is 0.493 e.